The zero-order valence-electron chi connectivity index (χ0n) is 13.1. The van der Waals surface area contributed by atoms with E-state index >= 15 is 0 Å². The van der Waals surface area contributed by atoms with E-state index in [1.807, 2.05) is 35.1 Å². The van der Waals surface area contributed by atoms with Crippen LogP contribution < -0.4 is 5.76 Å². The van der Waals surface area contributed by atoms with Gasteiger partial charge in [-0.3, -0.25) is 4.57 Å². The number of benzene rings is 1. The third-order valence-electron chi connectivity index (χ3n) is 4.03. The fourth-order valence-corrected chi connectivity index (χ4v) is 3.77. The van der Waals surface area contributed by atoms with Crippen LogP contribution in [0.5, 0.6) is 0 Å². The summed E-state index contributed by atoms with van der Waals surface area (Å²) in [5.41, 5.74) is 2.08. The molecule has 0 amide bonds. The molecule has 0 aliphatic heterocycles. The van der Waals surface area contributed by atoms with Crippen LogP contribution in [-0.2, 0) is 6.54 Å². The van der Waals surface area contributed by atoms with Crippen LogP contribution in [0.1, 0.15) is 30.0 Å². The summed E-state index contributed by atoms with van der Waals surface area (Å²) in [5, 5.41) is 10.6. The van der Waals surface area contributed by atoms with E-state index in [0.717, 1.165) is 17.6 Å². The minimum absolute atomic E-state index is 0.170. The second-order valence-corrected chi connectivity index (χ2v) is 6.53. The van der Waals surface area contributed by atoms with Gasteiger partial charge in [0.05, 0.1) is 24.3 Å². The second kappa shape index (κ2) is 6.09. The number of hydrogen-bond donors (Lipinski definition) is 0. The monoisotopic (exact) mass is 340 g/mol. The van der Waals surface area contributed by atoms with Crippen LogP contribution in [0.15, 0.2) is 57.2 Å². The molecule has 4 aromatic rings. The first-order valence-corrected chi connectivity index (χ1v) is 8.66. The maximum absolute atomic E-state index is 12.1. The predicted molar refractivity (Wildman–Crippen MR) is 92.3 cm³/mol. The van der Waals surface area contributed by atoms with Crippen molar-refractivity contribution >= 4 is 22.4 Å². The lowest BCUT2D eigenvalue weighted by atomic mass is 10.2. The molecule has 1 atom stereocenters. The number of oxazole rings is 1. The van der Waals surface area contributed by atoms with Crippen molar-refractivity contribution in [2.45, 2.75) is 25.9 Å². The fourth-order valence-electron chi connectivity index (χ4n) is 2.86. The third-order valence-corrected chi connectivity index (χ3v) is 5.00. The van der Waals surface area contributed by atoms with E-state index in [2.05, 4.69) is 28.7 Å². The van der Waals surface area contributed by atoms with Crippen molar-refractivity contribution in [3.63, 3.8) is 0 Å². The number of fused-ring (bicyclic) bond motifs is 1. The first-order valence-electron chi connectivity index (χ1n) is 7.78. The summed E-state index contributed by atoms with van der Waals surface area (Å²) >= 11 is 1.71. The lowest BCUT2D eigenvalue weighted by molar-refractivity contribution is 0.500. The van der Waals surface area contributed by atoms with Gasteiger partial charge in [-0.1, -0.05) is 30.3 Å². The van der Waals surface area contributed by atoms with Gasteiger partial charge in [-0.05, 0) is 30.0 Å². The topological polar surface area (TPSA) is 65.8 Å². The molecule has 0 aliphatic rings. The Morgan fingerprint density at radius 3 is 2.92 bits per heavy atom. The minimum atomic E-state index is -0.379. The Morgan fingerprint density at radius 1 is 1.25 bits per heavy atom. The smallest absolute Gasteiger partial charge is 0.408 e. The van der Waals surface area contributed by atoms with E-state index < -0.39 is 0 Å². The number of aromatic nitrogens is 4. The molecule has 3 heterocycles. The number of para-hydroxylation sites is 2. The summed E-state index contributed by atoms with van der Waals surface area (Å²) in [6.45, 7) is 2.47. The highest BCUT2D eigenvalue weighted by molar-refractivity contribution is 7.10. The van der Waals surface area contributed by atoms with Gasteiger partial charge in [0.25, 0.3) is 0 Å². The van der Waals surface area contributed by atoms with Crippen LogP contribution in [0.2, 0.25) is 0 Å². The maximum atomic E-state index is 12.1. The first-order chi connectivity index (χ1) is 11.8. The van der Waals surface area contributed by atoms with Crippen molar-refractivity contribution < 1.29 is 4.42 Å². The van der Waals surface area contributed by atoms with Crippen LogP contribution in [0.4, 0.5) is 0 Å². The zero-order valence-corrected chi connectivity index (χ0v) is 13.9. The Labute approximate surface area is 142 Å². The minimum Gasteiger partial charge on any atom is -0.408 e. The number of hydrogen-bond acceptors (Lipinski definition) is 5. The molecule has 0 aliphatic carbocycles. The molecule has 7 heteroatoms. The molecule has 24 heavy (non-hydrogen) atoms. The van der Waals surface area contributed by atoms with E-state index in [-0.39, 0.29) is 11.8 Å². The van der Waals surface area contributed by atoms with Gasteiger partial charge in [0.15, 0.2) is 5.58 Å². The van der Waals surface area contributed by atoms with Gasteiger partial charge in [0.2, 0.25) is 0 Å². The third kappa shape index (κ3) is 2.56. The standard InChI is InChI=1S/C17H16N4O2S/c1-2-13(16-8-5-9-24-16)21-11-12(18-19-21)10-20-14-6-3-4-7-15(14)23-17(20)22/h3-9,11,13H,2,10H2,1H3/t13-/m0/s1. The molecule has 122 valence electrons. The van der Waals surface area contributed by atoms with Crippen molar-refractivity contribution in [1.29, 1.82) is 0 Å². The Hall–Kier alpha value is -2.67. The van der Waals surface area contributed by atoms with Crippen LogP contribution in [-0.4, -0.2) is 19.6 Å². The highest BCUT2D eigenvalue weighted by atomic mass is 32.1. The van der Waals surface area contributed by atoms with Crippen LogP contribution >= 0.6 is 11.3 Å². The van der Waals surface area contributed by atoms with Gasteiger partial charge in [0, 0.05) is 4.88 Å². The predicted octanol–water partition coefficient (Wildman–Crippen LogP) is 3.30. The van der Waals surface area contributed by atoms with Crippen molar-refractivity contribution in [2.24, 2.45) is 0 Å². The molecule has 0 spiro atoms. The Kier molecular flexibility index (Phi) is 3.78. The van der Waals surface area contributed by atoms with Gasteiger partial charge in [-0.2, -0.15) is 0 Å². The largest absolute Gasteiger partial charge is 0.420 e. The first kappa shape index (κ1) is 14.9. The van der Waals surface area contributed by atoms with Gasteiger partial charge in [-0.25, -0.2) is 9.48 Å². The molecule has 0 unspecified atom stereocenters. The summed E-state index contributed by atoms with van der Waals surface area (Å²) in [5.74, 6) is -0.379. The molecule has 1 aromatic carbocycles. The molecule has 0 N–H and O–H groups in total. The molecular formula is C17H16N4O2S. The van der Waals surface area contributed by atoms with E-state index in [0.29, 0.717) is 12.1 Å². The maximum Gasteiger partial charge on any atom is 0.420 e. The van der Waals surface area contributed by atoms with Gasteiger partial charge >= 0.3 is 5.76 Å². The highest BCUT2D eigenvalue weighted by Gasteiger charge is 2.16. The summed E-state index contributed by atoms with van der Waals surface area (Å²) in [7, 11) is 0. The quantitative estimate of drug-likeness (QED) is 0.559. The van der Waals surface area contributed by atoms with Crippen molar-refractivity contribution in [2.75, 3.05) is 0 Å². The molecule has 4 rings (SSSR count). The SMILES string of the molecule is CC[C@@H](c1cccs1)n1cc(Cn2c(=O)oc3ccccc32)nn1. The molecule has 3 aromatic heterocycles. The van der Waals surface area contributed by atoms with Gasteiger partial charge in [-0.15, -0.1) is 16.4 Å². The molecule has 6 nitrogen and oxygen atoms in total. The number of thiophene rings is 1. The Balaban J connectivity index is 1.65. The average molecular weight is 340 g/mol. The molecule has 0 saturated carbocycles. The lowest BCUT2D eigenvalue weighted by Crippen LogP contribution is -2.15. The molecule has 0 fully saturated rings. The number of rotatable bonds is 5. The van der Waals surface area contributed by atoms with E-state index in [1.165, 1.54) is 4.88 Å². The van der Waals surface area contributed by atoms with Crippen LogP contribution in [0.3, 0.4) is 0 Å². The zero-order chi connectivity index (χ0) is 16.5. The molecule has 0 radical (unpaired) electrons. The van der Waals surface area contributed by atoms with E-state index in [1.54, 1.807) is 22.0 Å². The Morgan fingerprint density at radius 2 is 2.12 bits per heavy atom. The van der Waals surface area contributed by atoms with Crippen molar-refractivity contribution in [1.82, 2.24) is 19.6 Å². The van der Waals surface area contributed by atoms with Crippen LogP contribution in [0, 0.1) is 0 Å². The number of nitrogens with zero attached hydrogens (tertiary/aromatic N) is 4. The lowest BCUT2D eigenvalue weighted by Gasteiger charge is -2.12. The summed E-state index contributed by atoms with van der Waals surface area (Å²) < 4.78 is 8.71. The molecular weight excluding hydrogens is 324 g/mol. The van der Waals surface area contributed by atoms with E-state index in [9.17, 15) is 4.79 Å². The van der Waals surface area contributed by atoms with Gasteiger partial charge < -0.3 is 4.42 Å². The van der Waals surface area contributed by atoms with Crippen molar-refractivity contribution in [3.05, 3.63) is 69.1 Å². The highest BCUT2D eigenvalue weighted by Crippen LogP contribution is 2.25. The van der Waals surface area contributed by atoms with Crippen LogP contribution in [0.25, 0.3) is 11.1 Å². The molecule has 0 saturated heterocycles. The summed E-state index contributed by atoms with van der Waals surface area (Å²) in [4.78, 5) is 13.3. The molecule has 0 bridgehead atoms. The van der Waals surface area contributed by atoms with Crippen molar-refractivity contribution in [3.8, 4) is 0 Å². The summed E-state index contributed by atoms with van der Waals surface area (Å²) in [6.07, 6.45) is 2.83. The fraction of sp³-hybridized carbons (Fsp3) is 0.235. The average Bonchev–Trinajstić information content (AvgIpc) is 3.31. The van der Waals surface area contributed by atoms with E-state index in [4.69, 9.17) is 4.42 Å². The Bertz CT molecular complexity index is 1010. The summed E-state index contributed by atoms with van der Waals surface area (Å²) in [6, 6.07) is 11.7. The normalized spacial score (nSPS) is 12.7. The van der Waals surface area contributed by atoms with Gasteiger partial charge in [0.1, 0.15) is 5.69 Å². The second-order valence-electron chi connectivity index (χ2n) is 5.55.